The standard InChI is InChI=1S/C63H91N13O12/c1-6-7-24-43(64)59(84)74-30-15-26-49(74)57(82)70-45(33-37(2)3)54(79)69-46(35-41-22-13-21-40-20-11-12-23-42(40)41)55(80)72-48(36-77)56(81)68-44(25-14-29-67-63(65)66)53(78)73-52(38(4)5)61(86)75-31-16-27-50(75)58(83)71-47(34-39-18-9-8-10-19-39)60(85)76-32-17-28-51(76)62(87)88/h8-13,18-23,37-38,43-52,77H,6-7,14-17,24-36,64H2,1-5H3,(H,68,81)(H,69,79)(H,70,82)(H,71,83)(H,72,80)(H,73,78)(H,87,88)(H4,65,66,67)/t43-,44-,45-,46-,47-,48-,49-,50-,51-,52-/m0/s1. The summed E-state index contributed by atoms with van der Waals surface area (Å²) in [5, 5.41) is 38.8. The molecule has 0 spiro atoms. The van der Waals surface area contributed by atoms with Crippen LogP contribution in [-0.2, 0) is 60.8 Å². The maximum atomic E-state index is 14.7. The Balaban J connectivity index is 1.20. The molecule has 3 aliphatic rings. The van der Waals surface area contributed by atoms with Crippen LogP contribution in [0.5, 0.6) is 0 Å². The van der Waals surface area contributed by atoms with Gasteiger partial charge in [0.05, 0.1) is 12.6 Å². The molecule has 3 aromatic carbocycles. The Bertz CT molecular complexity index is 2950. The van der Waals surface area contributed by atoms with Crippen molar-refractivity contribution in [2.24, 2.45) is 34.0 Å². The van der Waals surface area contributed by atoms with E-state index < -0.39 is 126 Å². The molecular weight excluding hydrogens is 1130 g/mol. The molecule has 10 atom stereocenters. The number of aliphatic imine (C=N–C) groups is 1. The number of aliphatic hydroxyl groups excluding tert-OH is 1. The van der Waals surface area contributed by atoms with Crippen molar-refractivity contribution < 1.29 is 58.2 Å². The summed E-state index contributed by atoms with van der Waals surface area (Å²) in [6, 6.07) is 9.91. The van der Waals surface area contributed by atoms with Crippen molar-refractivity contribution in [3.63, 3.8) is 0 Å². The number of carboxylic acid groups (broad SMARTS) is 1. The van der Waals surface area contributed by atoms with Crippen LogP contribution in [0.4, 0.5) is 0 Å². The number of fused-ring (bicyclic) bond motifs is 1. The molecule has 3 aromatic rings. The molecule has 3 fully saturated rings. The minimum atomic E-state index is -1.71. The number of hydrogen-bond acceptors (Lipinski definition) is 13. The smallest absolute Gasteiger partial charge is 0.326 e. The molecule has 480 valence electrons. The van der Waals surface area contributed by atoms with Crippen molar-refractivity contribution in [2.45, 2.75) is 185 Å². The SMILES string of the molecule is CCCC[C@H](N)C(=O)N1CCC[C@H]1C(=O)N[C@@H](CC(C)C)C(=O)N[C@@H](Cc1cccc2ccccc12)C(=O)N[C@@H](CO)C(=O)N[C@@H](CCCN=C(N)N)C(=O)N[C@H](C(=O)N1CCC[C@H]1C(=O)N[C@@H](Cc1ccccc1)C(=O)N1CCC[C@H]1C(=O)O)C(C)C. The number of carbonyl (C=O) groups excluding carboxylic acids is 9. The van der Waals surface area contributed by atoms with Gasteiger partial charge in [0.25, 0.3) is 0 Å². The first-order chi connectivity index (χ1) is 42.0. The molecule has 0 aromatic heterocycles. The van der Waals surface area contributed by atoms with E-state index in [2.05, 4.69) is 36.9 Å². The lowest BCUT2D eigenvalue weighted by Crippen LogP contribution is -2.61. The van der Waals surface area contributed by atoms with Crippen molar-refractivity contribution in [3.8, 4) is 0 Å². The zero-order valence-electron chi connectivity index (χ0n) is 51.3. The fraction of sp³-hybridized carbons (Fsp3) is 0.571. The van der Waals surface area contributed by atoms with Crippen LogP contribution in [-0.4, -0.2) is 183 Å². The number of hydrogen-bond donors (Lipinski definition) is 11. The first-order valence-corrected chi connectivity index (χ1v) is 30.9. The van der Waals surface area contributed by atoms with Gasteiger partial charge in [-0.3, -0.25) is 48.1 Å². The third-order valence-corrected chi connectivity index (χ3v) is 16.5. The first kappa shape index (κ1) is 68.9. The van der Waals surface area contributed by atoms with Crippen LogP contribution < -0.4 is 49.1 Å². The summed E-state index contributed by atoms with van der Waals surface area (Å²) < 4.78 is 0. The molecular formula is C63H91N13O12. The molecule has 0 saturated carbocycles. The van der Waals surface area contributed by atoms with Crippen molar-refractivity contribution in [3.05, 3.63) is 83.9 Å². The van der Waals surface area contributed by atoms with E-state index in [1.54, 1.807) is 56.3 Å². The van der Waals surface area contributed by atoms with Crippen molar-refractivity contribution >= 4 is 75.9 Å². The number of aliphatic hydroxyl groups is 1. The minimum absolute atomic E-state index is 0.0276. The number of unbranched alkanes of at least 4 members (excludes halogenated alkanes) is 1. The van der Waals surface area contributed by atoms with Crippen LogP contribution in [0, 0.1) is 11.8 Å². The first-order valence-electron chi connectivity index (χ1n) is 30.9. The highest BCUT2D eigenvalue weighted by Crippen LogP contribution is 2.26. The van der Waals surface area contributed by atoms with Crippen LogP contribution in [0.15, 0.2) is 77.8 Å². The normalized spacial score (nSPS) is 19.0. The van der Waals surface area contributed by atoms with E-state index in [4.69, 9.17) is 17.2 Å². The number of nitrogens with one attached hydrogen (secondary N) is 6. The molecule has 6 rings (SSSR count). The summed E-state index contributed by atoms with van der Waals surface area (Å²) >= 11 is 0. The summed E-state index contributed by atoms with van der Waals surface area (Å²) in [5.74, 6) is -8.22. The molecule has 0 aliphatic carbocycles. The van der Waals surface area contributed by atoms with Gasteiger partial charge in [-0.1, -0.05) is 120 Å². The third kappa shape index (κ3) is 18.9. The van der Waals surface area contributed by atoms with Gasteiger partial charge in [-0.15, -0.1) is 0 Å². The van der Waals surface area contributed by atoms with E-state index in [0.29, 0.717) is 49.8 Å². The van der Waals surface area contributed by atoms with E-state index in [9.17, 15) is 58.2 Å². The van der Waals surface area contributed by atoms with E-state index in [0.717, 1.165) is 23.6 Å². The topological polar surface area (TPSA) is 383 Å². The van der Waals surface area contributed by atoms with Gasteiger partial charge in [0.2, 0.25) is 53.2 Å². The number of carbonyl (C=O) groups is 10. The molecule has 3 heterocycles. The highest BCUT2D eigenvalue weighted by atomic mass is 16.4. The number of amides is 9. The number of rotatable bonds is 31. The van der Waals surface area contributed by atoms with E-state index in [1.165, 1.54) is 14.7 Å². The highest BCUT2D eigenvalue weighted by Gasteiger charge is 2.44. The number of benzene rings is 3. The van der Waals surface area contributed by atoms with E-state index in [-0.39, 0.29) is 82.4 Å². The Morgan fingerprint density at radius 3 is 1.72 bits per heavy atom. The Labute approximate surface area is 514 Å². The molecule has 25 heteroatoms. The van der Waals surface area contributed by atoms with Gasteiger partial charge in [-0.05, 0) is 97.9 Å². The van der Waals surface area contributed by atoms with Gasteiger partial charge >= 0.3 is 5.97 Å². The van der Waals surface area contributed by atoms with Crippen molar-refractivity contribution in [1.29, 1.82) is 0 Å². The average Bonchev–Trinajstić information content (AvgIpc) is 4.47. The number of nitrogens with two attached hydrogens (primary N) is 3. The second-order valence-corrected chi connectivity index (χ2v) is 24.0. The molecule has 88 heavy (non-hydrogen) atoms. The quantitative estimate of drug-likeness (QED) is 0.0242. The number of likely N-dealkylation sites (tertiary alicyclic amines) is 3. The van der Waals surface area contributed by atoms with Gasteiger partial charge in [0, 0.05) is 39.0 Å². The largest absolute Gasteiger partial charge is 0.480 e. The Kier molecular flexibility index (Phi) is 26.0. The third-order valence-electron chi connectivity index (χ3n) is 16.5. The second kappa shape index (κ2) is 33.2. The fourth-order valence-electron chi connectivity index (χ4n) is 11.8. The Morgan fingerprint density at radius 2 is 1.11 bits per heavy atom. The predicted molar refractivity (Wildman–Crippen MR) is 330 cm³/mol. The molecule has 3 aliphatic heterocycles. The van der Waals surface area contributed by atoms with Gasteiger partial charge < -0.3 is 74.0 Å². The maximum Gasteiger partial charge on any atom is 0.326 e. The van der Waals surface area contributed by atoms with Gasteiger partial charge in [0.1, 0.15) is 54.4 Å². The van der Waals surface area contributed by atoms with Gasteiger partial charge in [0.15, 0.2) is 5.96 Å². The predicted octanol–water partition coefficient (Wildman–Crippen LogP) is 0.857. The summed E-state index contributed by atoms with van der Waals surface area (Å²) in [6.07, 6.45) is 4.45. The number of nitrogens with zero attached hydrogens (tertiary/aromatic N) is 4. The van der Waals surface area contributed by atoms with Gasteiger partial charge in [-0.25, -0.2) is 4.79 Å². The highest BCUT2D eigenvalue weighted by molar-refractivity contribution is 5.99. The maximum absolute atomic E-state index is 14.7. The summed E-state index contributed by atoms with van der Waals surface area (Å²) in [6.45, 7) is 8.80. The minimum Gasteiger partial charge on any atom is -0.480 e. The molecule has 25 nitrogen and oxygen atoms in total. The van der Waals surface area contributed by atoms with Crippen LogP contribution in [0.2, 0.25) is 0 Å². The van der Waals surface area contributed by atoms with Crippen molar-refractivity contribution in [1.82, 2.24) is 46.6 Å². The van der Waals surface area contributed by atoms with Crippen LogP contribution >= 0.6 is 0 Å². The lowest BCUT2D eigenvalue weighted by Gasteiger charge is -2.33. The molecule has 14 N–H and O–H groups in total. The average molecular weight is 1220 g/mol. The van der Waals surface area contributed by atoms with E-state index in [1.807, 2.05) is 51.1 Å². The lowest BCUT2D eigenvalue weighted by atomic mass is 9.97. The van der Waals surface area contributed by atoms with E-state index >= 15 is 0 Å². The number of aliphatic carboxylic acids is 1. The number of carboxylic acids is 1. The molecule has 3 saturated heterocycles. The summed E-state index contributed by atoms with van der Waals surface area (Å²) in [5.41, 5.74) is 18.8. The number of guanidine groups is 1. The van der Waals surface area contributed by atoms with Crippen molar-refractivity contribution in [2.75, 3.05) is 32.8 Å². The zero-order chi connectivity index (χ0) is 64.2. The van der Waals surface area contributed by atoms with Crippen LogP contribution in [0.1, 0.15) is 123 Å². The van der Waals surface area contributed by atoms with Crippen LogP contribution in [0.3, 0.4) is 0 Å². The molecule has 0 unspecified atom stereocenters. The summed E-state index contributed by atoms with van der Waals surface area (Å²) in [4.78, 5) is 149. The fourth-order valence-corrected chi connectivity index (χ4v) is 11.8. The van der Waals surface area contributed by atoms with Crippen LogP contribution in [0.25, 0.3) is 10.8 Å². The Morgan fingerprint density at radius 1 is 0.580 bits per heavy atom. The summed E-state index contributed by atoms with van der Waals surface area (Å²) in [7, 11) is 0. The molecule has 9 amide bonds. The van der Waals surface area contributed by atoms with Gasteiger partial charge in [-0.2, -0.15) is 0 Å². The monoisotopic (exact) mass is 1220 g/mol. The molecule has 0 bridgehead atoms. The lowest BCUT2D eigenvalue weighted by molar-refractivity contribution is -0.150. The second-order valence-electron chi connectivity index (χ2n) is 24.0. The zero-order valence-corrected chi connectivity index (χ0v) is 51.3. The Hall–Kier alpha value is -8.19. The molecule has 0 radical (unpaired) electrons.